The van der Waals surface area contributed by atoms with Gasteiger partial charge in [-0.2, -0.15) is 0 Å². The highest BCUT2D eigenvalue weighted by atomic mass is 16.6. The number of rotatable bonds is 4. The van der Waals surface area contributed by atoms with Crippen LogP contribution in [0.5, 0.6) is 0 Å². The summed E-state index contributed by atoms with van der Waals surface area (Å²) in [5.74, 6) is -0.173. The molecule has 6 heteroatoms. The van der Waals surface area contributed by atoms with Crippen molar-refractivity contribution in [1.29, 1.82) is 0 Å². The van der Waals surface area contributed by atoms with E-state index in [1.165, 1.54) is 11.1 Å². The van der Waals surface area contributed by atoms with Gasteiger partial charge >= 0.3 is 6.09 Å². The lowest BCUT2D eigenvalue weighted by Gasteiger charge is -2.25. The first-order chi connectivity index (χ1) is 13.7. The van der Waals surface area contributed by atoms with Crippen molar-refractivity contribution in [2.75, 3.05) is 18.9 Å². The summed E-state index contributed by atoms with van der Waals surface area (Å²) in [6.45, 7) is 7.69. The molecule has 6 nitrogen and oxygen atoms in total. The summed E-state index contributed by atoms with van der Waals surface area (Å²) in [6.07, 6.45) is 0.554. The number of anilines is 1. The van der Waals surface area contributed by atoms with Crippen LogP contribution in [0.4, 0.5) is 10.5 Å². The van der Waals surface area contributed by atoms with Crippen LogP contribution in [-0.4, -0.2) is 36.1 Å². The third-order valence-electron chi connectivity index (χ3n) is 4.69. The number of carbonyl (C=O) groups excluding carboxylic acids is 2. The molecule has 0 aromatic heterocycles. The molecule has 154 valence electrons. The van der Waals surface area contributed by atoms with Crippen molar-refractivity contribution in [3.8, 4) is 0 Å². The van der Waals surface area contributed by atoms with Crippen LogP contribution in [0.25, 0.3) is 0 Å². The fourth-order valence-electron chi connectivity index (χ4n) is 3.29. The molecular weight excluding hydrogens is 366 g/mol. The summed E-state index contributed by atoms with van der Waals surface area (Å²) in [5, 5.41) is 5.69. The number of ether oxygens (including phenoxy) is 1. The largest absolute Gasteiger partial charge is 0.444 e. The number of nitrogens with zero attached hydrogens (tertiary/aromatic N) is 1. The monoisotopic (exact) mass is 395 g/mol. The smallest absolute Gasteiger partial charge is 0.407 e. The van der Waals surface area contributed by atoms with E-state index < -0.39 is 11.7 Å². The topological polar surface area (TPSA) is 70.7 Å². The third-order valence-corrected chi connectivity index (χ3v) is 4.69. The van der Waals surface area contributed by atoms with Crippen molar-refractivity contribution < 1.29 is 14.3 Å². The average Bonchev–Trinajstić information content (AvgIpc) is 2.65. The molecule has 1 heterocycles. The second-order valence-electron chi connectivity index (χ2n) is 8.48. The first-order valence-corrected chi connectivity index (χ1v) is 9.87. The lowest BCUT2D eigenvalue weighted by molar-refractivity contribution is 0.0523. The second kappa shape index (κ2) is 8.66. The predicted octanol–water partition coefficient (Wildman–Crippen LogP) is 3.95. The van der Waals surface area contributed by atoms with Gasteiger partial charge < -0.3 is 20.3 Å². The maximum absolute atomic E-state index is 12.7. The Hall–Kier alpha value is -2.86. The number of hydrogen-bond acceptors (Lipinski definition) is 4. The fraction of sp³-hybridized carbons (Fsp3) is 0.391. The quantitative estimate of drug-likeness (QED) is 0.822. The van der Waals surface area contributed by atoms with Gasteiger partial charge in [0.1, 0.15) is 5.60 Å². The van der Waals surface area contributed by atoms with E-state index in [9.17, 15) is 9.59 Å². The van der Waals surface area contributed by atoms with Gasteiger partial charge in [-0.1, -0.05) is 18.2 Å². The van der Waals surface area contributed by atoms with Crippen molar-refractivity contribution >= 4 is 17.7 Å². The molecule has 0 radical (unpaired) electrons. The van der Waals surface area contributed by atoms with Crippen LogP contribution in [0.2, 0.25) is 0 Å². The van der Waals surface area contributed by atoms with E-state index >= 15 is 0 Å². The first-order valence-electron chi connectivity index (χ1n) is 9.87. The number of amides is 2. The summed E-state index contributed by atoms with van der Waals surface area (Å²) in [5.41, 5.74) is 4.22. The Balaban J connectivity index is 1.62. The van der Waals surface area contributed by atoms with Crippen molar-refractivity contribution in [2.45, 2.75) is 45.9 Å². The minimum Gasteiger partial charge on any atom is -0.444 e. The zero-order valence-corrected chi connectivity index (χ0v) is 17.5. The molecule has 2 aromatic rings. The van der Waals surface area contributed by atoms with Crippen LogP contribution in [0.15, 0.2) is 42.5 Å². The SMILES string of the molecule is CN1CCc2ccc(NC(=O)c3cccc(CNC(=O)OC(C)(C)C)c3)cc2C1. The Labute approximate surface area is 172 Å². The number of fused-ring (bicyclic) bond motifs is 1. The maximum atomic E-state index is 12.7. The van der Waals surface area contributed by atoms with Crippen LogP contribution >= 0.6 is 0 Å². The normalized spacial score (nSPS) is 14.1. The average molecular weight is 396 g/mol. The molecule has 0 saturated carbocycles. The van der Waals surface area contributed by atoms with Gasteiger partial charge in [0.15, 0.2) is 0 Å². The van der Waals surface area contributed by atoms with E-state index in [0.29, 0.717) is 12.1 Å². The highest BCUT2D eigenvalue weighted by molar-refractivity contribution is 6.04. The van der Waals surface area contributed by atoms with Crippen molar-refractivity contribution in [3.05, 3.63) is 64.7 Å². The van der Waals surface area contributed by atoms with Gasteiger partial charge in [-0.3, -0.25) is 4.79 Å². The Bertz CT molecular complexity index is 902. The van der Waals surface area contributed by atoms with Gasteiger partial charge in [0, 0.05) is 30.9 Å². The molecule has 1 aliphatic rings. The molecule has 29 heavy (non-hydrogen) atoms. The summed E-state index contributed by atoms with van der Waals surface area (Å²) < 4.78 is 5.24. The van der Waals surface area contributed by atoms with Gasteiger partial charge in [0.25, 0.3) is 5.91 Å². The second-order valence-corrected chi connectivity index (χ2v) is 8.48. The van der Waals surface area contributed by atoms with Crippen LogP contribution in [0, 0.1) is 0 Å². The van der Waals surface area contributed by atoms with E-state index in [1.54, 1.807) is 12.1 Å². The summed E-state index contributed by atoms with van der Waals surface area (Å²) in [6, 6.07) is 13.3. The van der Waals surface area contributed by atoms with E-state index in [2.05, 4.69) is 34.7 Å². The summed E-state index contributed by atoms with van der Waals surface area (Å²) in [7, 11) is 2.10. The number of nitrogens with one attached hydrogen (secondary N) is 2. The maximum Gasteiger partial charge on any atom is 0.407 e. The third kappa shape index (κ3) is 6.06. The highest BCUT2D eigenvalue weighted by Crippen LogP contribution is 2.22. The molecule has 0 saturated heterocycles. The number of carbonyl (C=O) groups is 2. The Morgan fingerprint density at radius 3 is 2.66 bits per heavy atom. The van der Waals surface area contributed by atoms with Gasteiger partial charge in [0.05, 0.1) is 0 Å². The molecule has 2 aromatic carbocycles. The standard InChI is InChI=1S/C23H29N3O3/c1-23(2,3)29-22(28)24-14-16-6-5-7-18(12-16)21(27)25-20-9-8-17-10-11-26(4)15-19(17)13-20/h5-9,12-13H,10-11,14-15H2,1-4H3,(H,24,28)(H,25,27). The van der Waals surface area contributed by atoms with Gasteiger partial charge in [-0.05, 0) is 75.2 Å². The van der Waals surface area contributed by atoms with Crippen LogP contribution < -0.4 is 10.6 Å². The number of hydrogen-bond donors (Lipinski definition) is 2. The van der Waals surface area contributed by atoms with Crippen molar-refractivity contribution in [2.24, 2.45) is 0 Å². The molecule has 2 N–H and O–H groups in total. The molecule has 0 fully saturated rings. The number of likely N-dealkylation sites (N-methyl/N-ethyl adjacent to an activating group) is 1. The number of benzene rings is 2. The van der Waals surface area contributed by atoms with Crippen molar-refractivity contribution in [1.82, 2.24) is 10.2 Å². The molecule has 0 unspecified atom stereocenters. The Morgan fingerprint density at radius 1 is 1.10 bits per heavy atom. The van der Waals surface area contributed by atoms with Gasteiger partial charge in [-0.15, -0.1) is 0 Å². The van der Waals surface area contributed by atoms with E-state index in [4.69, 9.17) is 4.74 Å². The summed E-state index contributed by atoms with van der Waals surface area (Å²) >= 11 is 0. The van der Waals surface area contributed by atoms with E-state index in [0.717, 1.165) is 30.8 Å². The zero-order chi connectivity index (χ0) is 21.0. The molecule has 0 bridgehead atoms. The predicted molar refractivity (Wildman–Crippen MR) is 114 cm³/mol. The van der Waals surface area contributed by atoms with Crippen molar-refractivity contribution in [3.63, 3.8) is 0 Å². The Morgan fingerprint density at radius 2 is 1.90 bits per heavy atom. The van der Waals surface area contributed by atoms with Crippen LogP contribution in [-0.2, 0) is 24.2 Å². The van der Waals surface area contributed by atoms with Crippen LogP contribution in [0.1, 0.15) is 47.8 Å². The Kier molecular flexibility index (Phi) is 6.23. The lowest BCUT2D eigenvalue weighted by atomic mass is 9.99. The van der Waals surface area contributed by atoms with E-state index in [1.807, 2.05) is 39.0 Å². The molecule has 2 amide bonds. The minimum atomic E-state index is -0.546. The first kappa shape index (κ1) is 20.9. The molecule has 0 atom stereocenters. The molecule has 0 spiro atoms. The van der Waals surface area contributed by atoms with Crippen LogP contribution in [0.3, 0.4) is 0 Å². The summed E-state index contributed by atoms with van der Waals surface area (Å²) in [4.78, 5) is 26.8. The van der Waals surface area contributed by atoms with E-state index in [-0.39, 0.29) is 5.91 Å². The molecule has 0 aliphatic carbocycles. The molecule has 1 aliphatic heterocycles. The zero-order valence-electron chi connectivity index (χ0n) is 17.5. The lowest BCUT2D eigenvalue weighted by Crippen LogP contribution is -2.32. The van der Waals surface area contributed by atoms with Gasteiger partial charge in [0.2, 0.25) is 0 Å². The molecule has 3 rings (SSSR count). The highest BCUT2D eigenvalue weighted by Gasteiger charge is 2.16. The minimum absolute atomic E-state index is 0.173. The molecular formula is C23H29N3O3. The van der Waals surface area contributed by atoms with Gasteiger partial charge in [-0.25, -0.2) is 4.79 Å². The number of alkyl carbamates (subject to hydrolysis) is 1. The fourth-order valence-corrected chi connectivity index (χ4v) is 3.29.